The van der Waals surface area contributed by atoms with Gasteiger partial charge >= 0.3 is 5.97 Å². The molecule has 5 atom stereocenters. The number of nitrogens with zero attached hydrogens (tertiary/aromatic N) is 3. The van der Waals surface area contributed by atoms with E-state index in [2.05, 4.69) is 44.5 Å². The number of hydrogen-bond acceptors (Lipinski definition) is 7. The summed E-state index contributed by atoms with van der Waals surface area (Å²) >= 11 is 0. The van der Waals surface area contributed by atoms with E-state index in [4.69, 9.17) is 14.5 Å². The van der Waals surface area contributed by atoms with Crippen molar-refractivity contribution < 1.29 is 18.5 Å². The first-order valence-electron chi connectivity index (χ1n) is 12.8. The Kier molecular flexibility index (Phi) is 9.63. The highest BCUT2D eigenvalue weighted by Gasteiger charge is 2.61. The second-order valence-corrected chi connectivity index (χ2v) is 14.8. The van der Waals surface area contributed by atoms with Crippen molar-refractivity contribution >= 4 is 29.2 Å². The van der Waals surface area contributed by atoms with Crippen LogP contribution in [0.25, 0.3) is 0 Å². The van der Waals surface area contributed by atoms with E-state index in [9.17, 15) is 9.59 Å². The number of hydrogen-bond donors (Lipinski definition) is 1. The molecule has 1 unspecified atom stereocenters. The fourth-order valence-corrected chi connectivity index (χ4v) is 8.80. The Balaban J connectivity index is 1.86. The topological polar surface area (TPSA) is 98.0 Å². The molecule has 0 saturated carbocycles. The van der Waals surface area contributed by atoms with Crippen LogP contribution in [-0.2, 0) is 25.1 Å². The van der Waals surface area contributed by atoms with E-state index in [0.717, 1.165) is 42.4 Å². The van der Waals surface area contributed by atoms with Gasteiger partial charge in [-0.15, -0.1) is 0 Å². The number of pyridine rings is 1. The van der Waals surface area contributed by atoms with Crippen molar-refractivity contribution in [3.8, 4) is 0 Å². The van der Waals surface area contributed by atoms with E-state index in [1.807, 2.05) is 19.1 Å². The van der Waals surface area contributed by atoms with Crippen LogP contribution in [0.5, 0.6) is 0 Å². The number of carbonyl (C=O) groups is 2. The van der Waals surface area contributed by atoms with Gasteiger partial charge in [0, 0.05) is 31.4 Å². The SMILES string of the molecule is CCN(CC1=C(C(=O)OPN)N2C(=O)[C@H]([C@@H](C)O[Si](CC)(CC)CC)[C@H]2[C@H]1C)Cc1ccncc1. The molecule has 2 aliphatic heterocycles. The van der Waals surface area contributed by atoms with E-state index in [0.29, 0.717) is 12.2 Å². The Morgan fingerprint density at radius 2 is 1.83 bits per heavy atom. The quantitative estimate of drug-likeness (QED) is 0.238. The van der Waals surface area contributed by atoms with Crippen molar-refractivity contribution in [2.75, 3.05) is 13.1 Å². The summed E-state index contributed by atoms with van der Waals surface area (Å²) in [4.78, 5) is 34.5. The maximum Gasteiger partial charge on any atom is 0.358 e. The molecule has 0 bridgehead atoms. The predicted molar refractivity (Wildman–Crippen MR) is 142 cm³/mol. The van der Waals surface area contributed by atoms with Crippen LogP contribution in [0.2, 0.25) is 18.1 Å². The molecule has 1 aromatic rings. The van der Waals surface area contributed by atoms with Gasteiger partial charge in [-0.25, -0.2) is 4.79 Å². The first kappa shape index (κ1) is 27.9. The van der Waals surface area contributed by atoms with Crippen LogP contribution in [0.3, 0.4) is 0 Å². The van der Waals surface area contributed by atoms with Crippen LogP contribution in [0.4, 0.5) is 0 Å². The number of rotatable bonds is 13. The molecule has 0 radical (unpaired) electrons. The van der Waals surface area contributed by atoms with Crippen LogP contribution >= 0.6 is 8.96 Å². The molecule has 1 saturated heterocycles. The number of likely N-dealkylation sites (N-methyl/N-ethyl adjacent to an activating group) is 1. The molecule has 0 aromatic carbocycles. The Morgan fingerprint density at radius 1 is 1.20 bits per heavy atom. The summed E-state index contributed by atoms with van der Waals surface area (Å²) in [6, 6.07) is 7.01. The third kappa shape index (κ3) is 5.54. The number of amides is 1. The predicted octanol–water partition coefficient (Wildman–Crippen LogP) is 4.06. The van der Waals surface area contributed by atoms with Gasteiger partial charge in [-0.05, 0) is 54.9 Å². The van der Waals surface area contributed by atoms with E-state index < -0.39 is 23.2 Å². The van der Waals surface area contributed by atoms with Gasteiger partial charge in [-0.2, -0.15) is 0 Å². The van der Waals surface area contributed by atoms with Crippen molar-refractivity contribution in [2.24, 2.45) is 17.3 Å². The zero-order valence-electron chi connectivity index (χ0n) is 21.9. The van der Waals surface area contributed by atoms with Gasteiger partial charge in [0.15, 0.2) is 8.32 Å². The second-order valence-electron chi connectivity index (χ2n) is 9.62. The Bertz CT molecular complexity index is 919. The lowest BCUT2D eigenvalue weighted by atomic mass is 9.77. The Hall–Kier alpha value is -1.64. The monoisotopic (exact) mass is 520 g/mol. The van der Waals surface area contributed by atoms with Crippen molar-refractivity contribution in [1.82, 2.24) is 14.8 Å². The van der Waals surface area contributed by atoms with Gasteiger partial charge in [-0.3, -0.25) is 20.2 Å². The van der Waals surface area contributed by atoms with E-state index in [-0.39, 0.29) is 29.9 Å². The maximum absolute atomic E-state index is 13.5. The van der Waals surface area contributed by atoms with E-state index in [1.165, 1.54) is 0 Å². The fraction of sp³-hybridized carbons (Fsp3) is 0.640. The fourth-order valence-electron chi connectivity index (χ4n) is 5.67. The molecule has 3 rings (SSSR count). The third-order valence-electron chi connectivity index (χ3n) is 8.01. The molecule has 8 nitrogen and oxygen atoms in total. The molecular weight excluding hydrogens is 479 g/mol. The first-order chi connectivity index (χ1) is 16.8. The number of fused-ring (bicyclic) bond motifs is 1. The maximum atomic E-state index is 13.5. The molecule has 194 valence electrons. The van der Waals surface area contributed by atoms with Crippen LogP contribution in [-0.4, -0.2) is 60.2 Å². The Labute approximate surface area is 212 Å². The van der Waals surface area contributed by atoms with Crippen molar-refractivity contribution in [1.29, 1.82) is 0 Å². The summed E-state index contributed by atoms with van der Waals surface area (Å²) in [5.74, 6) is -0.771. The summed E-state index contributed by atoms with van der Waals surface area (Å²) in [6.07, 6.45) is 3.40. The third-order valence-corrected chi connectivity index (χ3v) is 13.1. The summed E-state index contributed by atoms with van der Waals surface area (Å²) in [7, 11) is -2.33. The van der Waals surface area contributed by atoms with E-state index >= 15 is 0 Å². The molecule has 1 aromatic heterocycles. The van der Waals surface area contributed by atoms with Gasteiger partial charge in [0.25, 0.3) is 0 Å². The summed E-state index contributed by atoms with van der Waals surface area (Å²) in [5, 5.41) is 0. The van der Waals surface area contributed by atoms with Gasteiger partial charge in [0.2, 0.25) is 5.91 Å². The zero-order chi connectivity index (χ0) is 25.8. The van der Waals surface area contributed by atoms with Crippen molar-refractivity contribution in [2.45, 2.75) is 78.4 Å². The average Bonchev–Trinajstić information content (AvgIpc) is 3.11. The van der Waals surface area contributed by atoms with Crippen LogP contribution in [0.1, 0.15) is 47.1 Å². The summed E-state index contributed by atoms with van der Waals surface area (Å²) < 4.78 is 11.9. The molecular formula is C25H41N4O4PSi. The lowest BCUT2D eigenvalue weighted by Crippen LogP contribution is -2.65. The minimum absolute atomic E-state index is 0.0276. The number of aromatic nitrogens is 1. The highest BCUT2D eigenvalue weighted by atomic mass is 31.1. The normalized spacial score (nSPS) is 23.3. The largest absolute Gasteiger partial charge is 0.427 e. The molecule has 35 heavy (non-hydrogen) atoms. The Morgan fingerprint density at radius 3 is 2.37 bits per heavy atom. The van der Waals surface area contributed by atoms with Crippen LogP contribution < -0.4 is 5.50 Å². The molecule has 0 aliphatic carbocycles. The van der Waals surface area contributed by atoms with E-state index in [1.54, 1.807) is 17.3 Å². The minimum Gasteiger partial charge on any atom is -0.427 e. The molecule has 1 fully saturated rings. The highest BCUT2D eigenvalue weighted by Crippen LogP contribution is 2.49. The number of carbonyl (C=O) groups excluding carboxylic acids is 2. The second kappa shape index (κ2) is 12.1. The van der Waals surface area contributed by atoms with Gasteiger partial charge < -0.3 is 13.8 Å². The first-order valence-corrected chi connectivity index (χ1v) is 16.3. The van der Waals surface area contributed by atoms with Crippen LogP contribution in [0, 0.1) is 11.8 Å². The summed E-state index contributed by atoms with van der Waals surface area (Å²) in [5.41, 5.74) is 8.04. The lowest BCUT2D eigenvalue weighted by molar-refractivity contribution is -0.161. The molecule has 2 N–H and O–H groups in total. The smallest absolute Gasteiger partial charge is 0.358 e. The molecule has 10 heteroatoms. The molecule has 3 heterocycles. The molecule has 2 aliphatic rings. The average molecular weight is 521 g/mol. The summed E-state index contributed by atoms with van der Waals surface area (Å²) in [6.45, 7) is 15.0. The number of nitrogens with two attached hydrogens (primary N) is 1. The van der Waals surface area contributed by atoms with Crippen molar-refractivity contribution in [3.05, 3.63) is 41.4 Å². The standard InChI is InChI=1S/C25H41N4O4PSi/c1-7-28(15-19-11-13-27-14-12-19)16-20-17(5)22-21(18(6)33-35(8-2,9-3)10-4)24(30)29(22)23(20)25(31)32-34-26/h11-14,17-18,21-22,34H,7-10,15-16,26H2,1-6H3/t17-,18+,21+,22+/m0/s1. The van der Waals surface area contributed by atoms with Gasteiger partial charge in [0.05, 0.1) is 18.1 Å². The lowest BCUT2D eigenvalue weighted by Gasteiger charge is -2.49. The molecule has 0 spiro atoms. The highest BCUT2D eigenvalue weighted by molar-refractivity contribution is 7.29. The van der Waals surface area contributed by atoms with Gasteiger partial charge in [-0.1, -0.05) is 34.6 Å². The van der Waals surface area contributed by atoms with Crippen molar-refractivity contribution in [3.63, 3.8) is 0 Å². The minimum atomic E-state index is -1.87. The zero-order valence-corrected chi connectivity index (χ0v) is 23.9. The number of β-lactam (4-membered cyclic amide) rings is 1. The van der Waals surface area contributed by atoms with Gasteiger partial charge in [0.1, 0.15) is 14.7 Å². The molecule has 1 amide bonds. The van der Waals surface area contributed by atoms with Crippen LogP contribution in [0.15, 0.2) is 35.8 Å².